The summed E-state index contributed by atoms with van der Waals surface area (Å²) in [4.78, 5) is 6.66. The summed E-state index contributed by atoms with van der Waals surface area (Å²) in [5.41, 5.74) is 3.56. The molecule has 1 saturated heterocycles. The van der Waals surface area contributed by atoms with Crippen molar-refractivity contribution in [2.75, 3.05) is 7.11 Å². The van der Waals surface area contributed by atoms with Crippen molar-refractivity contribution in [1.82, 2.24) is 19.8 Å². The monoisotopic (exact) mass is 536 g/mol. The first-order valence-corrected chi connectivity index (χ1v) is 12.6. The van der Waals surface area contributed by atoms with E-state index in [0.717, 1.165) is 34.3 Å². The molecule has 1 aliphatic heterocycles. The molecule has 196 valence electrons. The molecule has 38 heavy (non-hydrogen) atoms. The zero-order chi connectivity index (χ0) is 27.0. The van der Waals surface area contributed by atoms with Crippen LogP contribution in [0.1, 0.15) is 45.9 Å². The fourth-order valence-electron chi connectivity index (χ4n) is 5.21. The molecule has 1 aliphatic rings. The van der Waals surface area contributed by atoms with Crippen molar-refractivity contribution in [3.8, 4) is 11.4 Å². The highest BCUT2D eigenvalue weighted by molar-refractivity contribution is 7.80. The number of hydrogen-bond acceptors (Lipinski definition) is 3. The van der Waals surface area contributed by atoms with Crippen LogP contribution in [0.15, 0.2) is 79.0 Å². The Hall–Kier alpha value is -3.85. The van der Waals surface area contributed by atoms with Gasteiger partial charge in [-0.15, -0.1) is 0 Å². The third-order valence-corrected chi connectivity index (χ3v) is 7.30. The van der Waals surface area contributed by atoms with Gasteiger partial charge in [0.1, 0.15) is 5.75 Å². The van der Waals surface area contributed by atoms with Gasteiger partial charge in [-0.25, -0.2) is 0 Å². The number of para-hydroxylation sites is 1. The van der Waals surface area contributed by atoms with Gasteiger partial charge in [-0.1, -0.05) is 30.3 Å². The maximum absolute atomic E-state index is 13.9. The van der Waals surface area contributed by atoms with E-state index in [9.17, 15) is 13.2 Å². The molecule has 0 bridgehead atoms. The fraction of sp³-hybridized carbons (Fsp3) is 0.241. The maximum atomic E-state index is 13.9. The summed E-state index contributed by atoms with van der Waals surface area (Å²) in [6.45, 7) is 4.19. The van der Waals surface area contributed by atoms with Gasteiger partial charge in [0.15, 0.2) is 5.11 Å². The summed E-state index contributed by atoms with van der Waals surface area (Å²) >= 11 is 5.80. The van der Waals surface area contributed by atoms with E-state index >= 15 is 0 Å². The third kappa shape index (κ3) is 4.74. The first-order valence-electron chi connectivity index (χ1n) is 12.2. The molecule has 0 amide bonds. The summed E-state index contributed by atoms with van der Waals surface area (Å²) in [6, 6.07) is 20.5. The summed E-state index contributed by atoms with van der Waals surface area (Å²) < 4.78 is 48.8. The van der Waals surface area contributed by atoms with Gasteiger partial charge in [-0.3, -0.25) is 4.98 Å². The number of ether oxygens (including phenoxy) is 1. The SMILES string of the molecule is COc1ccc(CN2C(=S)N[C@H](c3ccccn3)[C@H]2c2cc(C)n(-c3ccccc3C(F)(F)F)c2C)cc1. The number of rotatable bonds is 6. The number of benzene rings is 2. The van der Waals surface area contributed by atoms with E-state index in [-0.39, 0.29) is 17.8 Å². The van der Waals surface area contributed by atoms with Crippen LogP contribution in [-0.4, -0.2) is 26.7 Å². The predicted octanol–water partition coefficient (Wildman–Crippen LogP) is 6.69. The Kier molecular flexibility index (Phi) is 6.88. The summed E-state index contributed by atoms with van der Waals surface area (Å²) in [5, 5.41) is 3.98. The Balaban J connectivity index is 1.63. The molecule has 2 atom stereocenters. The molecule has 5 nitrogen and oxygen atoms in total. The molecule has 9 heteroatoms. The number of aryl methyl sites for hydroxylation is 1. The van der Waals surface area contributed by atoms with E-state index in [1.54, 1.807) is 23.9 Å². The van der Waals surface area contributed by atoms with Gasteiger partial charge in [-0.05, 0) is 79.7 Å². The highest BCUT2D eigenvalue weighted by atomic mass is 32.1. The van der Waals surface area contributed by atoms with Gasteiger partial charge >= 0.3 is 6.18 Å². The van der Waals surface area contributed by atoms with Crippen LogP contribution in [0.25, 0.3) is 5.69 Å². The first-order chi connectivity index (χ1) is 18.2. The third-order valence-electron chi connectivity index (χ3n) is 6.95. The molecule has 2 aromatic carbocycles. The smallest absolute Gasteiger partial charge is 0.418 e. The quantitative estimate of drug-likeness (QED) is 0.278. The molecule has 0 spiro atoms. The molecule has 0 aliphatic carbocycles. The van der Waals surface area contributed by atoms with Crippen molar-refractivity contribution >= 4 is 17.3 Å². The minimum absolute atomic E-state index is 0.103. The highest BCUT2D eigenvalue weighted by Crippen LogP contribution is 2.43. The van der Waals surface area contributed by atoms with Crippen molar-refractivity contribution in [2.45, 2.75) is 38.7 Å². The average molecular weight is 537 g/mol. The van der Waals surface area contributed by atoms with Gasteiger partial charge in [0, 0.05) is 24.1 Å². The standard InChI is InChI=1S/C29H27F3N4OS/c1-18-16-22(19(2)36(18)25-10-5-4-8-23(25)29(30,31)32)27-26(24-9-6-7-15-33-24)34-28(38)35(27)17-20-11-13-21(37-3)14-12-20/h4-16,26-27H,17H2,1-3H3,(H,34,38)/t26-,27-/m1/s1. The number of thiocarbonyl (C=S) groups is 1. The second-order valence-corrected chi connectivity index (χ2v) is 9.67. The van der Waals surface area contributed by atoms with E-state index in [1.807, 2.05) is 62.4 Å². The minimum atomic E-state index is -4.48. The average Bonchev–Trinajstić information content (AvgIpc) is 3.38. The normalized spacial score (nSPS) is 17.5. The zero-order valence-electron chi connectivity index (χ0n) is 21.2. The van der Waals surface area contributed by atoms with Gasteiger partial charge in [0.05, 0.1) is 36.1 Å². The van der Waals surface area contributed by atoms with Crippen LogP contribution in [-0.2, 0) is 12.7 Å². The predicted molar refractivity (Wildman–Crippen MR) is 144 cm³/mol. The van der Waals surface area contributed by atoms with E-state index in [4.69, 9.17) is 17.0 Å². The van der Waals surface area contributed by atoms with Crippen molar-refractivity contribution in [3.05, 3.63) is 113 Å². The van der Waals surface area contributed by atoms with Crippen molar-refractivity contribution in [3.63, 3.8) is 0 Å². The molecule has 4 aromatic rings. The van der Waals surface area contributed by atoms with E-state index in [0.29, 0.717) is 17.4 Å². The lowest BCUT2D eigenvalue weighted by atomic mass is 9.96. The lowest BCUT2D eigenvalue weighted by Gasteiger charge is -2.28. The topological polar surface area (TPSA) is 42.3 Å². The molecule has 1 N–H and O–H groups in total. The van der Waals surface area contributed by atoms with E-state index in [2.05, 4.69) is 15.2 Å². The van der Waals surface area contributed by atoms with Gasteiger partial charge in [0.25, 0.3) is 0 Å². The number of methoxy groups -OCH3 is 1. The number of nitrogens with one attached hydrogen (secondary N) is 1. The van der Waals surface area contributed by atoms with Gasteiger partial charge < -0.3 is 19.5 Å². The lowest BCUT2D eigenvalue weighted by Crippen LogP contribution is -2.29. The number of hydrogen-bond donors (Lipinski definition) is 1. The Morgan fingerprint density at radius 3 is 2.37 bits per heavy atom. The number of pyridine rings is 1. The summed E-state index contributed by atoms with van der Waals surface area (Å²) in [6.07, 6.45) is -2.75. The number of nitrogens with zero attached hydrogens (tertiary/aromatic N) is 3. The Morgan fingerprint density at radius 2 is 1.71 bits per heavy atom. The van der Waals surface area contributed by atoms with E-state index < -0.39 is 11.7 Å². The molecular formula is C29H27F3N4OS. The molecule has 5 rings (SSSR count). The van der Waals surface area contributed by atoms with E-state index in [1.165, 1.54) is 12.1 Å². The van der Waals surface area contributed by atoms with Crippen molar-refractivity contribution < 1.29 is 17.9 Å². The van der Waals surface area contributed by atoms with Crippen LogP contribution in [0.4, 0.5) is 13.2 Å². The second-order valence-electron chi connectivity index (χ2n) is 9.28. The Labute approximate surface area is 224 Å². The van der Waals surface area contributed by atoms with Crippen LogP contribution in [0.2, 0.25) is 0 Å². The van der Waals surface area contributed by atoms with Gasteiger partial charge in [-0.2, -0.15) is 13.2 Å². The zero-order valence-corrected chi connectivity index (χ0v) is 22.0. The molecule has 3 heterocycles. The van der Waals surface area contributed by atoms with Crippen LogP contribution >= 0.6 is 12.2 Å². The Bertz CT molecular complexity index is 1450. The van der Waals surface area contributed by atoms with Crippen molar-refractivity contribution in [1.29, 1.82) is 0 Å². The fourth-order valence-corrected chi connectivity index (χ4v) is 5.51. The molecule has 2 aromatic heterocycles. The lowest BCUT2D eigenvalue weighted by molar-refractivity contribution is -0.137. The minimum Gasteiger partial charge on any atom is -0.497 e. The van der Waals surface area contributed by atoms with Crippen LogP contribution in [0.3, 0.4) is 0 Å². The van der Waals surface area contributed by atoms with Crippen molar-refractivity contribution in [2.24, 2.45) is 0 Å². The van der Waals surface area contributed by atoms with Crippen LogP contribution in [0.5, 0.6) is 5.75 Å². The van der Waals surface area contributed by atoms with Gasteiger partial charge in [0.2, 0.25) is 0 Å². The second kappa shape index (κ2) is 10.1. The van der Waals surface area contributed by atoms with Crippen LogP contribution < -0.4 is 10.1 Å². The molecule has 0 unspecified atom stereocenters. The number of aromatic nitrogens is 2. The number of alkyl halides is 3. The summed E-state index contributed by atoms with van der Waals surface area (Å²) in [7, 11) is 1.62. The summed E-state index contributed by atoms with van der Waals surface area (Å²) in [5.74, 6) is 0.755. The largest absolute Gasteiger partial charge is 0.497 e. The molecule has 0 saturated carbocycles. The highest BCUT2D eigenvalue weighted by Gasteiger charge is 2.42. The molecule has 1 fully saturated rings. The molecule has 0 radical (unpaired) electrons. The Morgan fingerprint density at radius 1 is 1.00 bits per heavy atom. The first kappa shape index (κ1) is 25.8. The molecular weight excluding hydrogens is 509 g/mol. The maximum Gasteiger partial charge on any atom is 0.418 e. The number of halogens is 3. The van der Waals surface area contributed by atoms with Crippen LogP contribution in [0, 0.1) is 13.8 Å².